The number of hydrogen-bond acceptors (Lipinski definition) is 5. The number of aliphatic hydroxyl groups excluding tert-OH is 1. The summed E-state index contributed by atoms with van der Waals surface area (Å²) in [5, 5.41) is 12.0. The third kappa shape index (κ3) is 4.34. The standard InChI is InChI=1S/C10H10N4O3S.CH4O.ClH/c11-8-3-7(4-13-5-8)9-1-2-14(10(9)6-15)18(12,16)17;1-2;/h1-6H,11H2,(H2,12,16,17);2H,1H3;1H. The molecule has 0 spiro atoms. The van der Waals surface area contributed by atoms with E-state index in [1.165, 1.54) is 18.5 Å². The van der Waals surface area contributed by atoms with Crippen LogP contribution in [0.2, 0.25) is 0 Å². The monoisotopic (exact) mass is 334 g/mol. The molecule has 2 rings (SSSR count). The summed E-state index contributed by atoms with van der Waals surface area (Å²) in [5.74, 6) is 0. The van der Waals surface area contributed by atoms with Crippen LogP contribution in [0.3, 0.4) is 0 Å². The number of carbonyl (C=O) groups is 1. The minimum atomic E-state index is -3.99. The zero-order chi connectivity index (χ0) is 15.3. The van der Waals surface area contributed by atoms with E-state index in [9.17, 15) is 13.2 Å². The first-order valence-corrected chi connectivity index (χ1v) is 6.85. The molecule has 2 heterocycles. The third-order valence-electron chi connectivity index (χ3n) is 2.38. The van der Waals surface area contributed by atoms with Gasteiger partial charge in [0.1, 0.15) is 11.4 Å². The molecular weight excluding hydrogens is 320 g/mol. The summed E-state index contributed by atoms with van der Waals surface area (Å²) >= 11 is 0. The highest BCUT2D eigenvalue weighted by Crippen LogP contribution is 2.24. The lowest BCUT2D eigenvalue weighted by molar-refractivity contribution is -0.255. The zero-order valence-corrected chi connectivity index (χ0v) is 12.7. The highest BCUT2D eigenvalue weighted by Gasteiger charge is 2.17. The molecule has 0 amide bonds. The van der Waals surface area contributed by atoms with Gasteiger partial charge in [-0.25, -0.2) is 9.11 Å². The van der Waals surface area contributed by atoms with E-state index in [2.05, 4.69) is 10.7 Å². The van der Waals surface area contributed by atoms with Crippen molar-refractivity contribution in [2.45, 2.75) is 0 Å². The molecule has 116 valence electrons. The summed E-state index contributed by atoms with van der Waals surface area (Å²) in [6.07, 6.45) is 4.74. The maximum absolute atomic E-state index is 11.3. The Morgan fingerprint density at radius 3 is 2.48 bits per heavy atom. The number of nitrogens with zero attached hydrogens (tertiary/aromatic N) is 2. The van der Waals surface area contributed by atoms with Gasteiger partial charge in [0.2, 0.25) is 0 Å². The van der Waals surface area contributed by atoms with Gasteiger partial charge < -0.3 is 23.2 Å². The molecular formula is C11H15ClN4O4S. The zero-order valence-electron chi connectivity index (χ0n) is 11.1. The highest BCUT2D eigenvalue weighted by molar-refractivity contribution is 7.87. The molecule has 0 unspecified atom stereocenters. The molecule has 21 heavy (non-hydrogen) atoms. The predicted molar refractivity (Wildman–Crippen MR) is 72.2 cm³/mol. The Labute approximate surface area is 128 Å². The SMILES string of the molecule is CO.NS(=O)(=O)n1ccc(-c2cncc([NH3+])c2)c1C=O.[Cl-]. The number of aldehydes is 1. The molecule has 10 heteroatoms. The minimum Gasteiger partial charge on any atom is -1.00 e. The van der Waals surface area contributed by atoms with E-state index in [-0.39, 0.29) is 18.1 Å². The van der Waals surface area contributed by atoms with Crippen molar-refractivity contribution >= 4 is 22.2 Å². The van der Waals surface area contributed by atoms with Crippen molar-refractivity contribution in [3.8, 4) is 11.1 Å². The smallest absolute Gasteiger partial charge is 0.302 e. The van der Waals surface area contributed by atoms with Crippen molar-refractivity contribution in [2.75, 3.05) is 7.11 Å². The van der Waals surface area contributed by atoms with Crippen LogP contribution >= 0.6 is 0 Å². The second-order valence-corrected chi connectivity index (χ2v) is 5.08. The number of aliphatic hydroxyl groups is 1. The largest absolute Gasteiger partial charge is 1.00 e. The summed E-state index contributed by atoms with van der Waals surface area (Å²) in [4.78, 5) is 15.0. The van der Waals surface area contributed by atoms with Crippen molar-refractivity contribution in [2.24, 2.45) is 5.14 Å². The molecule has 0 saturated carbocycles. The molecule has 0 aliphatic heterocycles. The molecule has 0 atom stereocenters. The Morgan fingerprint density at radius 2 is 2.00 bits per heavy atom. The van der Waals surface area contributed by atoms with E-state index in [4.69, 9.17) is 10.2 Å². The van der Waals surface area contributed by atoms with Gasteiger partial charge >= 0.3 is 10.2 Å². The topological polar surface area (TPSA) is 143 Å². The first-order valence-electron chi connectivity index (χ1n) is 5.35. The van der Waals surface area contributed by atoms with E-state index in [0.29, 0.717) is 23.1 Å². The number of aromatic nitrogens is 2. The molecule has 0 aliphatic rings. The van der Waals surface area contributed by atoms with Crippen LogP contribution in [0.25, 0.3) is 11.1 Å². The van der Waals surface area contributed by atoms with Gasteiger partial charge in [-0.2, -0.15) is 8.42 Å². The van der Waals surface area contributed by atoms with Crippen LogP contribution in [0.4, 0.5) is 5.69 Å². The van der Waals surface area contributed by atoms with Gasteiger partial charge in [0, 0.05) is 36.7 Å². The average Bonchev–Trinajstić information content (AvgIpc) is 2.84. The molecule has 2 aromatic rings. The minimum absolute atomic E-state index is 0. The van der Waals surface area contributed by atoms with Crippen LogP contribution in [0.15, 0.2) is 30.7 Å². The number of rotatable bonds is 3. The first-order chi connectivity index (χ1) is 9.43. The van der Waals surface area contributed by atoms with Crippen LogP contribution < -0.4 is 23.3 Å². The van der Waals surface area contributed by atoms with Crippen LogP contribution in [0, 0.1) is 0 Å². The lowest BCUT2D eigenvalue weighted by Crippen LogP contribution is -3.00. The molecule has 8 nitrogen and oxygen atoms in total. The number of hydrogen-bond donors (Lipinski definition) is 3. The molecule has 2 aromatic heterocycles. The highest BCUT2D eigenvalue weighted by atomic mass is 35.5. The Balaban J connectivity index is 0.00000128. The Bertz CT molecular complexity index is 715. The van der Waals surface area contributed by atoms with Gasteiger partial charge in [-0.1, -0.05) is 0 Å². The lowest BCUT2D eigenvalue weighted by atomic mass is 10.1. The summed E-state index contributed by atoms with van der Waals surface area (Å²) < 4.78 is 23.3. The van der Waals surface area contributed by atoms with Crippen molar-refractivity contribution < 1.29 is 36.5 Å². The Kier molecular flexibility index (Phi) is 7.19. The fraction of sp³-hybridized carbons (Fsp3) is 0.0909. The van der Waals surface area contributed by atoms with Gasteiger partial charge in [0.25, 0.3) is 0 Å². The second kappa shape index (κ2) is 7.86. The molecule has 6 N–H and O–H groups in total. The van der Waals surface area contributed by atoms with Crippen molar-refractivity contribution in [1.82, 2.24) is 8.96 Å². The molecule has 0 aliphatic carbocycles. The number of nitrogens with two attached hydrogens (primary N) is 1. The molecule has 0 fully saturated rings. The quantitative estimate of drug-likeness (QED) is 0.489. The van der Waals surface area contributed by atoms with Crippen molar-refractivity contribution in [1.29, 1.82) is 0 Å². The lowest BCUT2D eigenvalue weighted by Gasteiger charge is -2.03. The maximum Gasteiger partial charge on any atom is 0.302 e. The van der Waals surface area contributed by atoms with Gasteiger partial charge in [0.05, 0.1) is 6.20 Å². The first kappa shape index (κ1) is 19.2. The molecule has 0 saturated heterocycles. The van der Waals surface area contributed by atoms with Gasteiger partial charge in [-0.15, -0.1) is 0 Å². The number of pyridine rings is 1. The summed E-state index contributed by atoms with van der Waals surface area (Å²) in [6, 6.07) is 3.19. The number of quaternary nitrogens is 1. The van der Waals surface area contributed by atoms with Gasteiger partial charge in [-0.05, 0) is 6.07 Å². The van der Waals surface area contributed by atoms with Crippen LogP contribution in [-0.4, -0.2) is 35.9 Å². The van der Waals surface area contributed by atoms with E-state index in [1.807, 2.05) is 0 Å². The average molecular weight is 335 g/mol. The molecule has 0 radical (unpaired) electrons. The van der Waals surface area contributed by atoms with Crippen molar-refractivity contribution in [3.63, 3.8) is 0 Å². The van der Waals surface area contributed by atoms with Gasteiger partial charge in [-0.3, -0.25) is 9.78 Å². The Hall–Kier alpha value is -1.78. The third-order valence-corrected chi connectivity index (χ3v) is 3.25. The number of halogens is 1. The van der Waals surface area contributed by atoms with E-state index < -0.39 is 10.2 Å². The molecule has 0 bridgehead atoms. The number of carbonyl (C=O) groups excluding carboxylic acids is 1. The Morgan fingerprint density at radius 1 is 1.38 bits per heavy atom. The van der Waals surface area contributed by atoms with Crippen molar-refractivity contribution in [3.05, 3.63) is 36.4 Å². The van der Waals surface area contributed by atoms with E-state index >= 15 is 0 Å². The predicted octanol–water partition coefficient (Wildman–Crippen LogP) is -4.10. The van der Waals surface area contributed by atoms with Crippen LogP contribution in [-0.2, 0) is 10.2 Å². The summed E-state index contributed by atoms with van der Waals surface area (Å²) in [6.45, 7) is 0. The fourth-order valence-electron chi connectivity index (χ4n) is 1.64. The van der Waals surface area contributed by atoms with E-state index in [1.54, 1.807) is 12.3 Å². The van der Waals surface area contributed by atoms with E-state index in [0.717, 1.165) is 11.1 Å². The van der Waals surface area contributed by atoms with Gasteiger partial charge in [0.15, 0.2) is 6.29 Å². The second-order valence-electron chi connectivity index (χ2n) is 3.66. The summed E-state index contributed by atoms with van der Waals surface area (Å²) in [5.41, 5.74) is 5.39. The fourth-order valence-corrected chi connectivity index (χ4v) is 2.29. The van der Waals surface area contributed by atoms with Crippen LogP contribution in [0.5, 0.6) is 0 Å². The summed E-state index contributed by atoms with van der Waals surface area (Å²) in [7, 11) is -2.99. The maximum atomic E-state index is 11.3. The normalized spacial score (nSPS) is 10.1. The van der Waals surface area contributed by atoms with Crippen LogP contribution in [0.1, 0.15) is 10.5 Å². The molecule has 0 aromatic carbocycles.